The van der Waals surface area contributed by atoms with Crippen LogP contribution in [0.4, 0.5) is 0 Å². The van der Waals surface area contributed by atoms with E-state index in [1.54, 1.807) is 0 Å². The molecule has 0 amide bonds. The number of fused-ring (bicyclic) bond motifs is 1. The molecule has 1 N–H and O–H groups in total. The Hall–Kier alpha value is -0.119. The molecule has 0 aromatic heterocycles. The fourth-order valence-electron chi connectivity index (χ4n) is 4.76. The summed E-state index contributed by atoms with van der Waals surface area (Å²) in [5, 5.41) is 10.7. The highest BCUT2D eigenvalue weighted by molar-refractivity contribution is 6.75. The molecule has 2 unspecified atom stereocenters. The highest BCUT2D eigenvalue weighted by Crippen LogP contribution is 2.47. The number of ether oxygens (including phenoxy) is 3. The van der Waals surface area contributed by atoms with Gasteiger partial charge in [-0.1, -0.05) is 62.3 Å². The van der Waals surface area contributed by atoms with Crippen LogP contribution in [0.3, 0.4) is 0 Å². The Morgan fingerprint density at radius 2 is 1.26 bits per heavy atom. The second-order valence-corrected chi connectivity index (χ2v) is 31.3. The molecule has 2 fully saturated rings. The third kappa shape index (κ3) is 8.78. The summed E-state index contributed by atoms with van der Waals surface area (Å²) >= 11 is 0. The zero-order chi connectivity index (χ0) is 32.7. The van der Waals surface area contributed by atoms with Crippen molar-refractivity contribution in [2.24, 2.45) is 0 Å². The van der Waals surface area contributed by atoms with Gasteiger partial charge in [-0.2, -0.15) is 0 Å². The Balaban J connectivity index is 2.68. The van der Waals surface area contributed by atoms with Crippen molar-refractivity contribution < 1.29 is 37.4 Å². The number of hydrogen-bond donors (Lipinski definition) is 1. The zero-order valence-electron chi connectivity index (χ0n) is 29.7. The standard InChI is InChI=1S/C31H64O8Si3/c1-29(2,3)40(11,12)37-23(20-32)26-28(39-42(15,16)31(7,8)9)27(38-41(13,14)30(4,5)6)25-22(36-26)18-17-21(35-25)19-24(33)34-10/h21-23,25-28,32H,17-20H2,1-16H3/t21-,22+,23+,25+,26+,27?,28?/m1/s1. The summed E-state index contributed by atoms with van der Waals surface area (Å²) in [6.45, 7) is 33.2. The largest absolute Gasteiger partial charge is 0.469 e. The van der Waals surface area contributed by atoms with E-state index in [9.17, 15) is 9.90 Å². The topological polar surface area (TPSA) is 92.7 Å². The van der Waals surface area contributed by atoms with E-state index in [0.29, 0.717) is 12.8 Å². The van der Waals surface area contributed by atoms with Gasteiger partial charge in [-0.25, -0.2) is 0 Å². The summed E-state index contributed by atoms with van der Waals surface area (Å²) in [4.78, 5) is 12.2. The lowest BCUT2D eigenvalue weighted by atomic mass is 9.87. The van der Waals surface area contributed by atoms with Gasteiger partial charge >= 0.3 is 5.97 Å². The normalized spacial score (nSPS) is 29.2. The Bertz CT molecular complexity index is 903. The molecule has 0 aromatic rings. The van der Waals surface area contributed by atoms with Crippen LogP contribution in [0.1, 0.15) is 81.6 Å². The highest BCUT2D eigenvalue weighted by Gasteiger charge is 2.58. The van der Waals surface area contributed by atoms with Gasteiger partial charge in [-0.05, 0) is 67.2 Å². The van der Waals surface area contributed by atoms with Gasteiger partial charge < -0.3 is 32.6 Å². The lowest BCUT2D eigenvalue weighted by Gasteiger charge is -2.56. The number of carbonyl (C=O) groups is 1. The van der Waals surface area contributed by atoms with Crippen LogP contribution in [0.15, 0.2) is 0 Å². The molecule has 7 atom stereocenters. The maximum atomic E-state index is 12.2. The summed E-state index contributed by atoms with van der Waals surface area (Å²) in [7, 11) is -5.55. The maximum absolute atomic E-state index is 12.2. The van der Waals surface area contributed by atoms with Gasteiger partial charge in [0, 0.05) is 0 Å². The van der Waals surface area contributed by atoms with Crippen molar-refractivity contribution in [3.8, 4) is 0 Å². The van der Waals surface area contributed by atoms with E-state index in [4.69, 9.17) is 27.5 Å². The molecule has 11 heteroatoms. The Morgan fingerprint density at radius 1 is 0.786 bits per heavy atom. The van der Waals surface area contributed by atoms with E-state index < -0.39 is 55.5 Å². The quantitative estimate of drug-likeness (QED) is 0.199. The highest BCUT2D eigenvalue weighted by atomic mass is 28.4. The van der Waals surface area contributed by atoms with Gasteiger partial charge in [0.25, 0.3) is 0 Å². The van der Waals surface area contributed by atoms with Crippen molar-refractivity contribution in [3.63, 3.8) is 0 Å². The SMILES string of the molecule is COC(=O)C[C@H]1CC[C@@H]2O[C@@H]([C@H](CO)O[Si](C)(C)C(C)(C)C)C(O[Si](C)(C)C(C)(C)C)C(O[Si](C)(C)C(C)(C)C)[C@H]2O1. The number of rotatable bonds is 10. The minimum Gasteiger partial charge on any atom is -0.469 e. The van der Waals surface area contributed by atoms with Gasteiger partial charge in [0.1, 0.15) is 24.4 Å². The maximum Gasteiger partial charge on any atom is 0.308 e. The van der Waals surface area contributed by atoms with Crippen molar-refractivity contribution >= 4 is 30.9 Å². The predicted octanol–water partition coefficient (Wildman–Crippen LogP) is 7.03. The van der Waals surface area contributed by atoms with Crippen LogP contribution < -0.4 is 0 Å². The molecular weight excluding hydrogens is 585 g/mol. The first kappa shape index (κ1) is 38.1. The first-order valence-electron chi connectivity index (χ1n) is 15.8. The smallest absolute Gasteiger partial charge is 0.308 e. The fraction of sp³-hybridized carbons (Fsp3) is 0.968. The Morgan fingerprint density at radius 3 is 1.69 bits per heavy atom. The van der Waals surface area contributed by atoms with Crippen LogP contribution >= 0.6 is 0 Å². The van der Waals surface area contributed by atoms with Gasteiger partial charge in [0.05, 0.1) is 38.4 Å². The van der Waals surface area contributed by atoms with Crippen LogP contribution in [-0.4, -0.2) is 92.5 Å². The van der Waals surface area contributed by atoms with E-state index in [0.717, 1.165) is 0 Å². The van der Waals surface area contributed by atoms with Crippen LogP contribution in [0, 0.1) is 0 Å². The molecule has 0 radical (unpaired) electrons. The van der Waals surface area contributed by atoms with Crippen LogP contribution in [0.25, 0.3) is 0 Å². The lowest BCUT2D eigenvalue weighted by Crippen LogP contribution is -2.69. The van der Waals surface area contributed by atoms with E-state index in [-0.39, 0.29) is 46.3 Å². The van der Waals surface area contributed by atoms with E-state index >= 15 is 0 Å². The monoisotopic (exact) mass is 648 g/mol. The molecular formula is C31H64O8Si3. The van der Waals surface area contributed by atoms with Crippen molar-refractivity contribution in [1.82, 2.24) is 0 Å². The fourth-order valence-corrected chi connectivity index (χ4v) is 8.69. The second kappa shape index (κ2) is 13.3. The molecule has 0 saturated carbocycles. The molecule has 0 spiro atoms. The summed E-state index contributed by atoms with van der Waals surface area (Å²) < 4.78 is 40.0. The zero-order valence-corrected chi connectivity index (χ0v) is 32.7. The van der Waals surface area contributed by atoms with Gasteiger partial charge in [0.2, 0.25) is 0 Å². The molecule has 2 rings (SSSR count). The number of carbonyl (C=O) groups excluding carboxylic acids is 1. The first-order chi connectivity index (χ1) is 18.8. The molecule has 42 heavy (non-hydrogen) atoms. The van der Waals surface area contributed by atoms with E-state index in [1.807, 2.05) is 0 Å². The van der Waals surface area contributed by atoms with Crippen molar-refractivity contribution in [1.29, 1.82) is 0 Å². The lowest BCUT2D eigenvalue weighted by molar-refractivity contribution is -0.272. The first-order valence-corrected chi connectivity index (χ1v) is 24.5. The second-order valence-electron chi connectivity index (χ2n) is 17.0. The Labute approximate surface area is 260 Å². The third-order valence-corrected chi connectivity index (χ3v) is 24.1. The average molecular weight is 649 g/mol. The van der Waals surface area contributed by atoms with E-state index in [2.05, 4.69) is 102 Å². The molecule has 2 aliphatic heterocycles. The summed E-state index contributed by atoms with van der Waals surface area (Å²) in [6.07, 6.45) is -1.44. The number of esters is 1. The third-order valence-electron chi connectivity index (χ3n) is 10.7. The van der Waals surface area contributed by atoms with Crippen molar-refractivity contribution in [2.45, 2.75) is 179 Å². The molecule has 0 aliphatic carbocycles. The molecule has 248 valence electrons. The van der Waals surface area contributed by atoms with Gasteiger partial charge in [-0.15, -0.1) is 0 Å². The van der Waals surface area contributed by atoms with Crippen molar-refractivity contribution in [2.75, 3.05) is 13.7 Å². The summed E-state index contributed by atoms with van der Waals surface area (Å²) in [6, 6.07) is 0. The predicted molar refractivity (Wildman–Crippen MR) is 176 cm³/mol. The average Bonchev–Trinajstić information content (AvgIpc) is 2.81. The van der Waals surface area contributed by atoms with Gasteiger partial charge in [0.15, 0.2) is 25.0 Å². The number of aliphatic hydroxyl groups excluding tert-OH is 1. The summed E-state index contributed by atoms with van der Waals surface area (Å²) in [5.74, 6) is -0.285. The number of methoxy groups -OCH3 is 1. The Kier molecular flexibility index (Phi) is 12.1. The van der Waals surface area contributed by atoms with Crippen molar-refractivity contribution in [3.05, 3.63) is 0 Å². The molecule has 2 heterocycles. The van der Waals surface area contributed by atoms with E-state index in [1.165, 1.54) is 7.11 Å². The molecule has 2 aliphatic rings. The molecule has 0 bridgehead atoms. The number of aliphatic hydroxyl groups is 1. The van der Waals surface area contributed by atoms with Crippen LogP contribution in [-0.2, 0) is 32.3 Å². The number of hydrogen-bond acceptors (Lipinski definition) is 8. The van der Waals surface area contributed by atoms with Crippen LogP contribution in [0.5, 0.6) is 0 Å². The summed E-state index contributed by atoms with van der Waals surface area (Å²) in [5.41, 5.74) is 0. The minimum absolute atomic E-state index is 0.0422. The molecule has 8 nitrogen and oxygen atoms in total. The molecule has 2 saturated heterocycles. The molecule has 0 aromatic carbocycles. The minimum atomic E-state index is -2.36. The van der Waals surface area contributed by atoms with Gasteiger partial charge in [-0.3, -0.25) is 4.79 Å². The van der Waals surface area contributed by atoms with Crippen LogP contribution in [0.2, 0.25) is 54.4 Å².